The highest BCUT2D eigenvalue weighted by Crippen LogP contribution is 2.25. The van der Waals surface area contributed by atoms with Crippen LogP contribution < -0.4 is 10.2 Å². The third-order valence-electron chi connectivity index (χ3n) is 5.24. The zero-order valence-corrected chi connectivity index (χ0v) is 18.2. The number of hydrogen-bond donors (Lipinski definition) is 1. The standard InChI is InChI=1S/C25H22N2O6/c1-16-18-9-4-6-12-21(18)33-23(16)25(30)32-15-22(28)27(2)20-11-5-3-10-19(20)24(29)26-14-17-8-7-13-31-17/h3-13H,14-15H2,1-2H3,(H,26,29). The lowest BCUT2D eigenvalue weighted by atomic mass is 10.1. The molecule has 0 saturated heterocycles. The summed E-state index contributed by atoms with van der Waals surface area (Å²) >= 11 is 0. The van der Waals surface area contributed by atoms with Gasteiger partial charge in [0.05, 0.1) is 24.1 Å². The van der Waals surface area contributed by atoms with E-state index in [0.717, 1.165) is 5.39 Å². The molecule has 4 rings (SSSR count). The van der Waals surface area contributed by atoms with Gasteiger partial charge in [-0.3, -0.25) is 9.59 Å². The van der Waals surface area contributed by atoms with Crippen molar-refractivity contribution in [3.63, 3.8) is 0 Å². The van der Waals surface area contributed by atoms with Gasteiger partial charge in [-0.15, -0.1) is 0 Å². The van der Waals surface area contributed by atoms with E-state index in [1.54, 1.807) is 55.5 Å². The van der Waals surface area contributed by atoms with Crippen LogP contribution in [0.5, 0.6) is 0 Å². The topological polar surface area (TPSA) is 102 Å². The fraction of sp³-hybridized carbons (Fsp3) is 0.160. The molecule has 0 fully saturated rings. The molecule has 0 aliphatic heterocycles. The van der Waals surface area contributed by atoms with E-state index in [0.29, 0.717) is 28.2 Å². The minimum Gasteiger partial charge on any atom is -0.467 e. The maximum Gasteiger partial charge on any atom is 0.375 e. The van der Waals surface area contributed by atoms with E-state index in [9.17, 15) is 14.4 Å². The number of likely N-dealkylation sites (N-methyl/N-ethyl adjacent to an activating group) is 1. The third kappa shape index (κ3) is 4.64. The lowest BCUT2D eigenvalue weighted by Gasteiger charge is -2.20. The van der Waals surface area contributed by atoms with Gasteiger partial charge >= 0.3 is 5.97 Å². The van der Waals surface area contributed by atoms with E-state index >= 15 is 0 Å². The zero-order chi connectivity index (χ0) is 23.4. The van der Waals surface area contributed by atoms with Gasteiger partial charge in [0, 0.05) is 18.0 Å². The predicted molar refractivity (Wildman–Crippen MR) is 121 cm³/mol. The summed E-state index contributed by atoms with van der Waals surface area (Å²) in [6, 6.07) is 17.4. The molecule has 0 unspecified atom stereocenters. The number of anilines is 1. The van der Waals surface area contributed by atoms with Crippen molar-refractivity contribution in [2.75, 3.05) is 18.6 Å². The lowest BCUT2D eigenvalue weighted by Crippen LogP contribution is -2.33. The first-order chi connectivity index (χ1) is 16.0. The Morgan fingerprint density at radius 3 is 2.52 bits per heavy atom. The fourth-order valence-corrected chi connectivity index (χ4v) is 3.43. The summed E-state index contributed by atoms with van der Waals surface area (Å²) in [6.07, 6.45) is 1.52. The van der Waals surface area contributed by atoms with Gasteiger partial charge in [-0.1, -0.05) is 30.3 Å². The molecule has 0 bridgehead atoms. The molecule has 1 N–H and O–H groups in total. The van der Waals surface area contributed by atoms with Gasteiger partial charge < -0.3 is 23.8 Å². The van der Waals surface area contributed by atoms with Crippen LogP contribution in [0.4, 0.5) is 5.69 Å². The van der Waals surface area contributed by atoms with E-state index in [1.165, 1.54) is 18.2 Å². The molecule has 0 spiro atoms. The molecule has 0 saturated carbocycles. The molecule has 8 nitrogen and oxygen atoms in total. The van der Waals surface area contributed by atoms with Crippen LogP contribution in [0.1, 0.15) is 32.2 Å². The van der Waals surface area contributed by atoms with Crippen molar-refractivity contribution in [3.8, 4) is 0 Å². The highest BCUT2D eigenvalue weighted by Gasteiger charge is 2.23. The van der Waals surface area contributed by atoms with E-state index in [2.05, 4.69) is 5.32 Å². The van der Waals surface area contributed by atoms with E-state index < -0.39 is 18.5 Å². The van der Waals surface area contributed by atoms with Crippen LogP contribution >= 0.6 is 0 Å². The SMILES string of the molecule is Cc1c(C(=O)OCC(=O)N(C)c2ccccc2C(=O)NCc2ccco2)oc2ccccc12. The van der Waals surface area contributed by atoms with Crippen molar-refractivity contribution in [2.24, 2.45) is 0 Å². The number of nitrogens with one attached hydrogen (secondary N) is 1. The number of aryl methyl sites for hydroxylation is 1. The molecule has 8 heteroatoms. The molecule has 0 aliphatic rings. The largest absolute Gasteiger partial charge is 0.467 e. The van der Waals surface area contributed by atoms with Gasteiger partial charge in [-0.05, 0) is 37.3 Å². The molecule has 4 aromatic rings. The number of esters is 1. The summed E-state index contributed by atoms with van der Waals surface area (Å²) < 4.78 is 16.0. The van der Waals surface area contributed by atoms with E-state index in [4.69, 9.17) is 13.6 Å². The Kier molecular flexibility index (Phi) is 6.26. The van der Waals surface area contributed by atoms with Crippen LogP contribution in [0.3, 0.4) is 0 Å². The van der Waals surface area contributed by atoms with Crippen LogP contribution in [0, 0.1) is 6.92 Å². The molecule has 2 amide bonds. The van der Waals surface area contributed by atoms with Crippen molar-refractivity contribution >= 4 is 34.4 Å². The van der Waals surface area contributed by atoms with Crippen LogP contribution in [0.15, 0.2) is 75.8 Å². The zero-order valence-electron chi connectivity index (χ0n) is 18.2. The second-order valence-electron chi connectivity index (χ2n) is 7.36. The van der Waals surface area contributed by atoms with Crippen LogP contribution in [0.2, 0.25) is 0 Å². The smallest absolute Gasteiger partial charge is 0.375 e. The normalized spacial score (nSPS) is 10.7. The van der Waals surface area contributed by atoms with Crippen molar-refractivity contribution in [1.29, 1.82) is 0 Å². The number of amides is 2. The maximum absolute atomic E-state index is 12.7. The predicted octanol–water partition coefficient (Wildman–Crippen LogP) is 4.08. The number of para-hydroxylation sites is 2. The number of benzene rings is 2. The number of carbonyl (C=O) groups is 3. The van der Waals surface area contributed by atoms with Crippen LogP contribution in [-0.2, 0) is 16.1 Å². The molecule has 2 heterocycles. The third-order valence-corrected chi connectivity index (χ3v) is 5.24. The Labute approximate surface area is 189 Å². The van der Waals surface area contributed by atoms with Gasteiger partial charge in [0.15, 0.2) is 6.61 Å². The molecular weight excluding hydrogens is 424 g/mol. The molecular formula is C25H22N2O6. The highest BCUT2D eigenvalue weighted by atomic mass is 16.5. The Hall–Kier alpha value is -4.33. The van der Waals surface area contributed by atoms with Crippen molar-refractivity contribution in [1.82, 2.24) is 5.32 Å². The number of carbonyl (C=O) groups excluding carboxylic acids is 3. The Morgan fingerprint density at radius 1 is 1.00 bits per heavy atom. The number of nitrogens with zero attached hydrogens (tertiary/aromatic N) is 1. The first kappa shape index (κ1) is 21.9. The van der Waals surface area contributed by atoms with Gasteiger partial charge in [0.1, 0.15) is 11.3 Å². The summed E-state index contributed by atoms with van der Waals surface area (Å²) in [5, 5.41) is 3.57. The first-order valence-electron chi connectivity index (χ1n) is 10.3. The molecule has 2 aromatic heterocycles. The number of ether oxygens (including phenoxy) is 1. The summed E-state index contributed by atoms with van der Waals surface area (Å²) in [4.78, 5) is 39.2. The maximum atomic E-state index is 12.7. The minimum atomic E-state index is -0.727. The van der Waals surface area contributed by atoms with Crippen molar-refractivity contribution in [3.05, 3.63) is 89.6 Å². The van der Waals surface area contributed by atoms with Gasteiger partial charge in [0.2, 0.25) is 5.76 Å². The summed E-state index contributed by atoms with van der Waals surface area (Å²) in [7, 11) is 1.52. The Bertz CT molecular complexity index is 1310. The molecule has 168 valence electrons. The van der Waals surface area contributed by atoms with Crippen molar-refractivity contribution in [2.45, 2.75) is 13.5 Å². The number of hydrogen-bond acceptors (Lipinski definition) is 6. The molecule has 0 atom stereocenters. The lowest BCUT2D eigenvalue weighted by molar-refractivity contribution is -0.121. The fourth-order valence-electron chi connectivity index (χ4n) is 3.43. The molecule has 33 heavy (non-hydrogen) atoms. The first-order valence-corrected chi connectivity index (χ1v) is 10.3. The second-order valence-corrected chi connectivity index (χ2v) is 7.36. The Morgan fingerprint density at radius 2 is 1.76 bits per heavy atom. The summed E-state index contributed by atoms with van der Waals surface area (Å²) in [5.41, 5.74) is 1.91. The monoisotopic (exact) mass is 446 g/mol. The van der Waals surface area contributed by atoms with Crippen LogP contribution in [0.25, 0.3) is 11.0 Å². The average Bonchev–Trinajstić information content (AvgIpc) is 3.48. The molecule has 0 radical (unpaired) electrons. The van der Waals surface area contributed by atoms with Gasteiger partial charge in [0.25, 0.3) is 11.8 Å². The molecule has 0 aliphatic carbocycles. The van der Waals surface area contributed by atoms with Gasteiger partial charge in [-0.2, -0.15) is 0 Å². The minimum absolute atomic E-state index is 0.0596. The average molecular weight is 446 g/mol. The van der Waals surface area contributed by atoms with E-state index in [-0.39, 0.29) is 18.2 Å². The number of rotatable bonds is 7. The number of fused-ring (bicyclic) bond motifs is 1. The number of furan rings is 2. The molecule has 2 aromatic carbocycles. The Balaban J connectivity index is 1.42. The quantitative estimate of drug-likeness (QED) is 0.429. The van der Waals surface area contributed by atoms with E-state index in [1.807, 2.05) is 12.1 Å². The summed E-state index contributed by atoms with van der Waals surface area (Å²) in [6.45, 7) is 1.47. The highest BCUT2D eigenvalue weighted by molar-refractivity contribution is 6.05. The second kappa shape index (κ2) is 9.44. The van der Waals surface area contributed by atoms with Crippen LogP contribution in [-0.4, -0.2) is 31.4 Å². The van der Waals surface area contributed by atoms with Crippen molar-refractivity contribution < 1.29 is 28.0 Å². The summed E-state index contributed by atoms with van der Waals surface area (Å²) in [5.74, 6) is -0.919. The van der Waals surface area contributed by atoms with Gasteiger partial charge in [-0.25, -0.2) is 4.79 Å².